The molecule has 114 valence electrons. The molecule has 2 N–H and O–H groups in total. The fourth-order valence-electron chi connectivity index (χ4n) is 2.17. The van der Waals surface area contributed by atoms with Crippen LogP contribution in [-0.2, 0) is 9.53 Å². The van der Waals surface area contributed by atoms with Gasteiger partial charge in [-0.3, -0.25) is 4.79 Å². The van der Waals surface area contributed by atoms with Gasteiger partial charge >= 0.3 is 5.97 Å². The van der Waals surface area contributed by atoms with Crippen molar-refractivity contribution < 1.29 is 24.2 Å². The number of nitrogens with one attached hydrogen (secondary N) is 1. The number of carboxylic acid groups (broad SMARTS) is 1. The minimum absolute atomic E-state index is 0.0542. The van der Waals surface area contributed by atoms with Crippen LogP contribution in [0.3, 0.4) is 0 Å². The SMILES string of the molecule is COc1cc(NC(=O)C2CCCOC2)c(Cl)cc1C(=O)O. The first-order valence-corrected chi connectivity index (χ1v) is 6.90. The van der Waals surface area contributed by atoms with Crippen molar-refractivity contribution in [1.29, 1.82) is 0 Å². The van der Waals surface area contributed by atoms with Crippen LogP contribution in [0.25, 0.3) is 0 Å². The van der Waals surface area contributed by atoms with Crippen molar-refractivity contribution in [2.75, 3.05) is 25.6 Å². The van der Waals surface area contributed by atoms with E-state index in [-0.39, 0.29) is 28.2 Å². The molecule has 0 aromatic heterocycles. The number of hydrogen-bond acceptors (Lipinski definition) is 4. The number of benzene rings is 1. The molecule has 7 heteroatoms. The number of anilines is 1. The van der Waals surface area contributed by atoms with E-state index in [0.29, 0.717) is 18.9 Å². The molecule has 21 heavy (non-hydrogen) atoms. The van der Waals surface area contributed by atoms with Crippen molar-refractivity contribution in [1.82, 2.24) is 0 Å². The maximum atomic E-state index is 12.1. The van der Waals surface area contributed by atoms with Crippen molar-refractivity contribution in [3.63, 3.8) is 0 Å². The Balaban J connectivity index is 2.19. The lowest BCUT2D eigenvalue weighted by molar-refractivity contribution is -0.123. The van der Waals surface area contributed by atoms with Crippen LogP contribution in [0.4, 0.5) is 5.69 Å². The molecular formula is C14H16ClNO5. The fraction of sp³-hybridized carbons (Fsp3) is 0.429. The largest absolute Gasteiger partial charge is 0.496 e. The standard InChI is InChI=1S/C14H16ClNO5/c1-20-12-6-11(10(15)5-9(12)14(18)19)16-13(17)8-3-2-4-21-7-8/h5-6,8H,2-4,7H2,1H3,(H,16,17)(H,18,19). The molecule has 1 saturated heterocycles. The number of rotatable bonds is 4. The number of halogens is 1. The van der Waals surface area contributed by atoms with Gasteiger partial charge in [0.25, 0.3) is 0 Å². The van der Waals surface area contributed by atoms with Gasteiger partial charge in [0.1, 0.15) is 11.3 Å². The van der Waals surface area contributed by atoms with Gasteiger partial charge < -0.3 is 19.9 Å². The highest BCUT2D eigenvalue weighted by Crippen LogP contribution is 2.31. The molecule has 1 fully saturated rings. The highest BCUT2D eigenvalue weighted by Gasteiger charge is 2.23. The van der Waals surface area contributed by atoms with Gasteiger partial charge in [0.15, 0.2) is 0 Å². The van der Waals surface area contributed by atoms with E-state index in [4.69, 9.17) is 26.2 Å². The van der Waals surface area contributed by atoms with Gasteiger partial charge in [0.2, 0.25) is 5.91 Å². The Morgan fingerprint density at radius 2 is 2.24 bits per heavy atom. The average Bonchev–Trinajstić information content (AvgIpc) is 2.49. The number of ether oxygens (including phenoxy) is 2. The lowest BCUT2D eigenvalue weighted by Gasteiger charge is -2.21. The van der Waals surface area contributed by atoms with Crippen molar-refractivity contribution in [3.05, 3.63) is 22.7 Å². The molecule has 6 nitrogen and oxygen atoms in total. The highest BCUT2D eigenvalue weighted by atomic mass is 35.5. The predicted molar refractivity (Wildman–Crippen MR) is 77.1 cm³/mol. The van der Waals surface area contributed by atoms with E-state index in [9.17, 15) is 9.59 Å². The van der Waals surface area contributed by atoms with Gasteiger partial charge in [0, 0.05) is 12.7 Å². The van der Waals surface area contributed by atoms with E-state index < -0.39 is 5.97 Å². The van der Waals surface area contributed by atoms with E-state index in [1.54, 1.807) is 0 Å². The number of carboxylic acids is 1. The summed E-state index contributed by atoms with van der Waals surface area (Å²) in [6, 6.07) is 2.67. The topological polar surface area (TPSA) is 84.9 Å². The van der Waals surface area contributed by atoms with Crippen LogP contribution in [0.2, 0.25) is 5.02 Å². The molecule has 0 spiro atoms. The Bertz CT molecular complexity index is 555. The first-order chi connectivity index (χ1) is 10.0. The van der Waals surface area contributed by atoms with Crippen LogP contribution in [0, 0.1) is 5.92 Å². The number of methoxy groups -OCH3 is 1. The van der Waals surface area contributed by atoms with Crippen molar-refractivity contribution in [3.8, 4) is 5.75 Å². The van der Waals surface area contributed by atoms with Gasteiger partial charge in [-0.25, -0.2) is 4.79 Å². The van der Waals surface area contributed by atoms with Gasteiger partial charge in [-0.05, 0) is 18.9 Å². The maximum Gasteiger partial charge on any atom is 0.339 e. The smallest absolute Gasteiger partial charge is 0.339 e. The van der Waals surface area contributed by atoms with E-state index in [2.05, 4.69) is 5.32 Å². The quantitative estimate of drug-likeness (QED) is 0.891. The Kier molecular flexibility index (Phi) is 5.03. The van der Waals surface area contributed by atoms with E-state index in [1.807, 2.05) is 0 Å². The third kappa shape index (κ3) is 3.65. The molecule has 1 aromatic carbocycles. The van der Waals surface area contributed by atoms with Crippen LogP contribution < -0.4 is 10.1 Å². The number of carbonyl (C=O) groups excluding carboxylic acids is 1. The zero-order chi connectivity index (χ0) is 15.4. The number of amides is 1. The fourth-order valence-corrected chi connectivity index (χ4v) is 2.38. The second-order valence-corrected chi connectivity index (χ2v) is 5.15. The predicted octanol–water partition coefficient (Wildman–Crippen LogP) is 2.41. The summed E-state index contributed by atoms with van der Waals surface area (Å²) < 4.78 is 10.3. The molecule has 1 atom stereocenters. The van der Waals surface area contributed by atoms with E-state index >= 15 is 0 Å². The second kappa shape index (κ2) is 6.78. The Hall–Kier alpha value is -1.79. The molecule has 0 aliphatic carbocycles. The molecule has 1 heterocycles. The molecule has 1 aromatic rings. The van der Waals surface area contributed by atoms with Crippen molar-refractivity contribution >= 4 is 29.2 Å². The van der Waals surface area contributed by atoms with Gasteiger partial charge in [-0.15, -0.1) is 0 Å². The van der Waals surface area contributed by atoms with Crippen molar-refractivity contribution in [2.24, 2.45) is 5.92 Å². The zero-order valence-electron chi connectivity index (χ0n) is 11.5. The minimum Gasteiger partial charge on any atom is -0.496 e. The Morgan fingerprint density at radius 1 is 1.48 bits per heavy atom. The summed E-state index contributed by atoms with van der Waals surface area (Å²) in [5, 5.41) is 11.9. The maximum absolute atomic E-state index is 12.1. The minimum atomic E-state index is -1.15. The Labute approximate surface area is 127 Å². The van der Waals surface area contributed by atoms with Gasteiger partial charge in [0.05, 0.1) is 30.3 Å². The molecule has 2 rings (SSSR count). The lowest BCUT2D eigenvalue weighted by atomic mass is 10.0. The molecule has 1 aliphatic heterocycles. The number of aromatic carboxylic acids is 1. The molecule has 1 aliphatic rings. The summed E-state index contributed by atoms with van der Waals surface area (Å²) >= 11 is 6.02. The van der Waals surface area contributed by atoms with E-state index in [1.165, 1.54) is 19.2 Å². The summed E-state index contributed by atoms with van der Waals surface area (Å²) in [4.78, 5) is 23.2. The van der Waals surface area contributed by atoms with Crippen LogP contribution in [0.1, 0.15) is 23.2 Å². The molecular weight excluding hydrogens is 298 g/mol. The van der Waals surface area contributed by atoms with Crippen LogP contribution >= 0.6 is 11.6 Å². The summed E-state index contributed by atoms with van der Waals surface area (Å²) in [6.45, 7) is 1.06. The monoisotopic (exact) mass is 313 g/mol. The number of carbonyl (C=O) groups is 2. The van der Waals surface area contributed by atoms with Crippen LogP contribution in [0.15, 0.2) is 12.1 Å². The lowest BCUT2D eigenvalue weighted by Crippen LogP contribution is -2.30. The third-order valence-electron chi connectivity index (χ3n) is 3.31. The number of hydrogen-bond donors (Lipinski definition) is 2. The third-order valence-corrected chi connectivity index (χ3v) is 3.62. The van der Waals surface area contributed by atoms with Crippen LogP contribution in [0.5, 0.6) is 5.75 Å². The first-order valence-electron chi connectivity index (χ1n) is 6.52. The average molecular weight is 314 g/mol. The zero-order valence-corrected chi connectivity index (χ0v) is 12.3. The first kappa shape index (κ1) is 15.6. The van der Waals surface area contributed by atoms with Crippen molar-refractivity contribution in [2.45, 2.75) is 12.8 Å². The molecule has 0 radical (unpaired) electrons. The molecule has 0 saturated carbocycles. The van der Waals surface area contributed by atoms with Gasteiger partial charge in [-0.1, -0.05) is 11.6 Å². The summed E-state index contributed by atoms with van der Waals surface area (Å²) in [5.41, 5.74) is 0.274. The molecule has 1 amide bonds. The van der Waals surface area contributed by atoms with Gasteiger partial charge in [-0.2, -0.15) is 0 Å². The summed E-state index contributed by atoms with van der Waals surface area (Å²) in [7, 11) is 1.36. The summed E-state index contributed by atoms with van der Waals surface area (Å²) in [5.74, 6) is -1.42. The summed E-state index contributed by atoms with van der Waals surface area (Å²) in [6.07, 6.45) is 1.60. The molecule has 1 unspecified atom stereocenters. The van der Waals surface area contributed by atoms with E-state index in [0.717, 1.165) is 12.8 Å². The highest BCUT2D eigenvalue weighted by molar-refractivity contribution is 6.34. The Morgan fingerprint density at radius 3 is 2.81 bits per heavy atom. The van der Waals surface area contributed by atoms with Crippen LogP contribution in [-0.4, -0.2) is 37.3 Å². The normalized spacial score (nSPS) is 18.1. The second-order valence-electron chi connectivity index (χ2n) is 4.74. The molecule has 0 bridgehead atoms.